The minimum Gasteiger partial charge on any atom is -0.346 e. The van der Waals surface area contributed by atoms with Crippen molar-refractivity contribution in [2.45, 2.75) is 11.1 Å². The van der Waals surface area contributed by atoms with Crippen molar-refractivity contribution in [1.29, 1.82) is 0 Å². The van der Waals surface area contributed by atoms with E-state index >= 15 is 0 Å². The second-order valence-electron chi connectivity index (χ2n) is 5.26. The molecule has 0 fully saturated rings. The van der Waals surface area contributed by atoms with E-state index in [1.54, 1.807) is 0 Å². The van der Waals surface area contributed by atoms with Gasteiger partial charge in [-0.25, -0.2) is 4.39 Å². The molecule has 4 nitrogen and oxygen atoms in total. The molecule has 0 unspecified atom stereocenters. The molecule has 0 radical (unpaired) electrons. The lowest BCUT2D eigenvalue weighted by atomic mass is 10.2. The molecule has 0 aliphatic carbocycles. The first-order valence-corrected chi connectivity index (χ1v) is 8.83. The highest BCUT2D eigenvalue weighted by molar-refractivity contribution is 8.00. The van der Waals surface area contributed by atoms with Gasteiger partial charge in [-0.15, -0.1) is 11.8 Å². The van der Waals surface area contributed by atoms with Crippen LogP contribution in [0.15, 0.2) is 47.4 Å². The molecule has 0 spiro atoms. The fraction of sp³-hybridized carbons (Fsp3) is 0.176. The van der Waals surface area contributed by atoms with Crippen LogP contribution in [0.1, 0.15) is 5.56 Å². The smallest absolute Gasteiger partial charge is 0.346 e. The molecule has 0 heterocycles. The minimum atomic E-state index is -4.59. The SMILES string of the molecule is O=C(CSc1ccc(Cl)c(C(F)(F)F)c1)NCC(=O)Nc1ccc(F)cc1. The average Bonchev–Trinajstić information content (AvgIpc) is 2.60. The summed E-state index contributed by atoms with van der Waals surface area (Å²) < 4.78 is 51.2. The van der Waals surface area contributed by atoms with Crippen LogP contribution in [-0.2, 0) is 15.8 Å². The normalized spacial score (nSPS) is 11.1. The Balaban J connectivity index is 1.81. The van der Waals surface area contributed by atoms with Crippen molar-refractivity contribution in [2.24, 2.45) is 0 Å². The zero-order valence-corrected chi connectivity index (χ0v) is 15.1. The van der Waals surface area contributed by atoms with Crippen LogP contribution < -0.4 is 10.6 Å². The number of thioether (sulfide) groups is 1. The lowest BCUT2D eigenvalue weighted by Gasteiger charge is -2.11. The first-order valence-electron chi connectivity index (χ1n) is 7.47. The Morgan fingerprint density at radius 1 is 1.04 bits per heavy atom. The van der Waals surface area contributed by atoms with E-state index in [2.05, 4.69) is 10.6 Å². The van der Waals surface area contributed by atoms with E-state index in [1.165, 1.54) is 30.3 Å². The Labute approximate surface area is 161 Å². The molecule has 0 saturated carbocycles. The van der Waals surface area contributed by atoms with Gasteiger partial charge in [0.25, 0.3) is 0 Å². The summed E-state index contributed by atoms with van der Waals surface area (Å²) in [5.74, 6) is -1.68. The summed E-state index contributed by atoms with van der Waals surface area (Å²) in [6.45, 7) is -0.328. The highest BCUT2D eigenvalue weighted by Gasteiger charge is 2.33. The second-order valence-corrected chi connectivity index (χ2v) is 6.72. The molecule has 0 aliphatic heterocycles. The monoisotopic (exact) mass is 420 g/mol. The summed E-state index contributed by atoms with van der Waals surface area (Å²) in [6.07, 6.45) is -4.59. The molecule has 144 valence electrons. The number of carbonyl (C=O) groups is 2. The summed E-state index contributed by atoms with van der Waals surface area (Å²) in [5.41, 5.74) is -0.612. The molecule has 2 rings (SSSR count). The minimum absolute atomic E-state index is 0.178. The zero-order valence-electron chi connectivity index (χ0n) is 13.6. The lowest BCUT2D eigenvalue weighted by molar-refractivity contribution is -0.137. The maximum absolute atomic E-state index is 12.8. The fourth-order valence-corrected chi connectivity index (χ4v) is 2.92. The number of amides is 2. The molecule has 0 bridgehead atoms. The van der Waals surface area contributed by atoms with Gasteiger partial charge < -0.3 is 10.6 Å². The molecule has 2 N–H and O–H groups in total. The molecule has 2 aromatic carbocycles. The van der Waals surface area contributed by atoms with Gasteiger partial charge in [0.2, 0.25) is 11.8 Å². The third kappa shape index (κ3) is 6.76. The Morgan fingerprint density at radius 3 is 2.33 bits per heavy atom. The van der Waals surface area contributed by atoms with Crippen molar-refractivity contribution in [2.75, 3.05) is 17.6 Å². The predicted molar refractivity (Wildman–Crippen MR) is 95.2 cm³/mol. The topological polar surface area (TPSA) is 58.2 Å². The van der Waals surface area contributed by atoms with Gasteiger partial charge in [-0.05, 0) is 42.5 Å². The number of halogens is 5. The van der Waals surface area contributed by atoms with Crippen molar-refractivity contribution < 1.29 is 27.2 Å². The Kier molecular flexibility index (Phi) is 7.09. The van der Waals surface area contributed by atoms with Crippen molar-refractivity contribution in [3.05, 3.63) is 58.9 Å². The van der Waals surface area contributed by atoms with Gasteiger partial charge in [0.1, 0.15) is 5.82 Å². The van der Waals surface area contributed by atoms with E-state index in [-0.39, 0.29) is 17.2 Å². The summed E-state index contributed by atoms with van der Waals surface area (Å²) in [5, 5.41) is 4.39. The van der Waals surface area contributed by atoms with Crippen LogP contribution in [0.5, 0.6) is 0 Å². The molecule has 0 saturated heterocycles. The standard InChI is InChI=1S/C17H13ClF4N2O2S/c18-14-6-5-12(7-13(14)17(20,21)22)27-9-16(26)23-8-15(25)24-11-3-1-10(19)2-4-11/h1-7H,8-9H2,(H,23,26)(H,24,25). The summed E-state index contributed by atoms with van der Waals surface area (Å²) in [7, 11) is 0. The van der Waals surface area contributed by atoms with Crippen LogP contribution in [0.3, 0.4) is 0 Å². The molecule has 2 aromatic rings. The van der Waals surface area contributed by atoms with Crippen LogP contribution in [0.4, 0.5) is 23.2 Å². The molecule has 27 heavy (non-hydrogen) atoms. The summed E-state index contributed by atoms with van der Waals surface area (Å²) in [6, 6.07) is 8.42. The van der Waals surface area contributed by atoms with E-state index in [0.717, 1.165) is 23.9 Å². The van der Waals surface area contributed by atoms with E-state index in [9.17, 15) is 27.2 Å². The highest BCUT2D eigenvalue weighted by Crippen LogP contribution is 2.36. The Bertz CT molecular complexity index is 829. The average molecular weight is 421 g/mol. The largest absolute Gasteiger partial charge is 0.417 e. The van der Waals surface area contributed by atoms with Crippen molar-refractivity contribution >= 4 is 40.9 Å². The molecule has 0 aliphatic rings. The quantitative estimate of drug-likeness (QED) is 0.539. The van der Waals surface area contributed by atoms with Crippen LogP contribution in [0.25, 0.3) is 0 Å². The van der Waals surface area contributed by atoms with E-state index < -0.39 is 34.4 Å². The number of benzene rings is 2. The number of rotatable bonds is 6. The highest BCUT2D eigenvalue weighted by atomic mass is 35.5. The fourth-order valence-electron chi connectivity index (χ4n) is 1.93. The third-order valence-corrected chi connectivity index (χ3v) is 4.51. The van der Waals surface area contributed by atoms with Gasteiger partial charge in [0.15, 0.2) is 0 Å². The van der Waals surface area contributed by atoms with Crippen LogP contribution >= 0.6 is 23.4 Å². The van der Waals surface area contributed by atoms with Gasteiger partial charge in [-0.1, -0.05) is 11.6 Å². The van der Waals surface area contributed by atoms with Crippen molar-refractivity contribution in [3.63, 3.8) is 0 Å². The number of hydrogen-bond acceptors (Lipinski definition) is 3. The molecular weight excluding hydrogens is 408 g/mol. The molecule has 0 atom stereocenters. The number of nitrogens with one attached hydrogen (secondary N) is 2. The van der Waals surface area contributed by atoms with Crippen molar-refractivity contribution in [3.8, 4) is 0 Å². The molecular formula is C17H13ClF4N2O2S. The maximum Gasteiger partial charge on any atom is 0.417 e. The van der Waals surface area contributed by atoms with E-state index in [4.69, 9.17) is 11.6 Å². The van der Waals surface area contributed by atoms with E-state index in [0.29, 0.717) is 5.69 Å². The zero-order chi connectivity index (χ0) is 20.0. The van der Waals surface area contributed by atoms with E-state index in [1.807, 2.05) is 0 Å². The van der Waals surface area contributed by atoms with Gasteiger partial charge in [0.05, 0.1) is 22.9 Å². The second kappa shape index (κ2) is 9.09. The molecule has 0 aromatic heterocycles. The first kappa shape index (κ1) is 21.0. The lowest BCUT2D eigenvalue weighted by Crippen LogP contribution is -2.33. The number of alkyl halides is 3. The van der Waals surface area contributed by atoms with Crippen LogP contribution in [0.2, 0.25) is 5.02 Å². The third-order valence-electron chi connectivity index (χ3n) is 3.19. The molecule has 10 heteroatoms. The Morgan fingerprint density at radius 2 is 1.70 bits per heavy atom. The van der Waals surface area contributed by atoms with Gasteiger partial charge in [-0.3, -0.25) is 9.59 Å². The maximum atomic E-state index is 12.8. The molecule has 2 amide bonds. The predicted octanol–water partition coefficient (Wildman–Crippen LogP) is 4.34. The Hall–Kier alpha value is -2.26. The first-order chi connectivity index (χ1) is 12.6. The van der Waals surface area contributed by atoms with Gasteiger partial charge in [0, 0.05) is 10.6 Å². The number of carbonyl (C=O) groups excluding carboxylic acids is 2. The van der Waals surface area contributed by atoms with Crippen LogP contribution in [-0.4, -0.2) is 24.1 Å². The van der Waals surface area contributed by atoms with Crippen molar-refractivity contribution in [1.82, 2.24) is 5.32 Å². The summed E-state index contributed by atoms with van der Waals surface area (Å²) >= 11 is 6.41. The van der Waals surface area contributed by atoms with Crippen LogP contribution in [0, 0.1) is 5.82 Å². The van der Waals surface area contributed by atoms with Gasteiger partial charge >= 0.3 is 6.18 Å². The number of anilines is 1. The number of hydrogen-bond donors (Lipinski definition) is 2. The summed E-state index contributed by atoms with van der Waals surface area (Å²) in [4.78, 5) is 23.7. The van der Waals surface area contributed by atoms with Gasteiger partial charge in [-0.2, -0.15) is 13.2 Å².